The van der Waals surface area contributed by atoms with Crippen LogP contribution in [0.4, 0.5) is 0 Å². The number of benzene rings is 1. The van der Waals surface area contributed by atoms with E-state index in [0.29, 0.717) is 11.8 Å². The third-order valence-corrected chi connectivity index (χ3v) is 3.66. The number of rotatable bonds is 3. The van der Waals surface area contributed by atoms with Gasteiger partial charge in [-0.05, 0) is 38.5 Å². The Bertz CT molecular complexity index is 760. The van der Waals surface area contributed by atoms with Crippen molar-refractivity contribution < 1.29 is 4.42 Å². The molecule has 2 heterocycles. The minimum atomic E-state index is -0.0369. The van der Waals surface area contributed by atoms with Gasteiger partial charge in [0.1, 0.15) is 17.6 Å². The van der Waals surface area contributed by atoms with Crippen LogP contribution < -0.4 is 0 Å². The molecule has 0 aliphatic carbocycles. The van der Waals surface area contributed by atoms with Crippen molar-refractivity contribution in [3.63, 3.8) is 0 Å². The number of fused-ring (bicyclic) bond motifs is 1. The Balaban J connectivity index is 2.18. The van der Waals surface area contributed by atoms with Gasteiger partial charge in [-0.2, -0.15) is 0 Å². The number of aryl methyl sites for hydroxylation is 2. The Morgan fingerprint density at radius 2 is 2.15 bits per heavy atom. The average Bonchev–Trinajstić information content (AvgIpc) is 3.00. The highest BCUT2D eigenvalue weighted by Crippen LogP contribution is 2.27. The van der Waals surface area contributed by atoms with Gasteiger partial charge in [0.05, 0.1) is 23.1 Å². The first-order chi connectivity index (χ1) is 9.60. The lowest BCUT2D eigenvalue weighted by Crippen LogP contribution is -2.10. The smallest absolute Gasteiger partial charge is 0.217 e. The quantitative estimate of drug-likeness (QED) is 0.685. The summed E-state index contributed by atoms with van der Waals surface area (Å²) in [4.78, 5) is 8.92. The largest absolute Gasteiger partial charge is 0.444 e. The van der Waals surface area contributed by atoms with E-state index in [0.717, 1.165) is 22.6 Å². The molecule has 1 atom stereocenters. The summed E-state index contributed by atoms with van der Waals surface area (Å²) >= 11 is 6.05. The van der Waals surface area contributed by atoms with Gasteiger partial charge in [-0.1, -0.05) is 6.07 Å². The summed E-state index contributed by atoms with van der Waals surface area (Å²) in [5.74, 6) is 2.67. The van der Waals surface area contributed by atoms with Crippen LogP contribution in [0.15, 0.2) is 28.8 Å². The molecule has 1 unspecified atom stereocenters. The van der Waals surface area contributed by atoms with Gasteiger partial charge in [-0.15, -0.1) is 11.6 Å². The normalized spacial score (nSPS) is 13.0. The van der Waals surface area contributed by atoms with Crippen LogP contribution in [0.25, 0.3) is 11.0 Å². The molecule has 104 valence electrons. The highest BCUT2D eigenvalue weighted by atomic mass is 35.5. The van der Waals surface area contributed by atoms with Crippen molar-refractivity contribution in [1.82, 2.24) is 14.5 Å². The molecule has 0 aliphatic heterocycles. The van der Waals surface area contributed by atoms with E-state index >= 15 is 0 Å². The van der Waals surface area contributed by atoms with E-state index in [2.05, 4.69) is 39.7 Å². The van der Waals surface area contributed by atoms with Gasteiger partial charge < -0.3 is 8.98 Å². The second kappa shape index (κ2) is 4.94. The van der Waals surface area contributed by atoms with Gasteiger partial charge in [-0.3, -0.25) is 0 Å². The molecule has 0 N–H and O–H groups in total. The van der Waals surface area contributed by atoms with Crippen molar-refractivity contribution >= 4 is 22.6 Å². The standard InChI is InChI=1S/C15H16ClN3O/c1-9-4-5-13-12(6-9)18-14(7-16)19(13)11(3)15-17-8-10(2)20-15/h4-6,8,11H,7H2,1-3H3. The maximum atomic E-state index is 6.05. The summed E-state index contributed by atoms with van der Waals surface area (Å²) in [5.41, 5.74) is 3.19. The fourth-order valence-electron chi connectivity index (χ4n) is 2.46. The highest BCUT2D eigenvalue weighted by molar-refractivity contribution is 6.16. The van der Waals surface area contributed by atoms with Gasteiger partial charge in [0.15, 0.2) is 0 Å². The summed E-state index contributed by atoms with van der Waals surface area (Å²) in [6.45, 7) is 5.99. The van der Waals surface area contributed by atoms with Crippen LogP contribution >= 0.6 is 11.6 Å². The maximum Gasteiger partial charge on any atom is 0.217 e. The number of halogens is 1. The fraction of sp³-hybridized carbons (Fsp3) is 0.333. The molecule has 1 aromatic carbocycles. The molecule has 0 spiro atoms. The van der Waals surface area contributed by atoms with Crippen LogP contribution in [-0.4, -0.2) is 14.5 Å². The first-order valence-electron chi connectivity index (χ1n) is 6.56. The molecular weight excluding hydrogens is 274 g/mol. The summed E-state index contributed by atoms with van der Waals surface area (Å²) in [6.07, 6.45) is 1.73. The van der Waals surface area contributed by atoms with Crippen LogP contribution in [0.2, 0.25) is 0 Å². The lowest BCUT2D eigenvalue weighted by molar-refractivity contribution is 0.415. The second-order valence-electron chi connectivity index (χ2n) is 5.01. The highest BCUT2D eigenvalue weighted by Gasteiger charge is 2.20. The zero-order chi connectivity index (χ0) is 14.3. The van der Waals surface area contributed by atoms with Gasteiger partial charge in [0.25, 0.3) is 0 Å². The van der Waals surface area contributed by atoms with Crippen LogP contribution in [0.5, 0.6) is 0 Å². The topological polar surface area (TPSA) is 43.9 Å². The molecule has 0 amide bonds. The van der Waals surface area contributed by atoms with Crippen molar-refractivity contribution in [1.29, 1.82) is 0 Å². The van der Waals surface area contributed by atoms with Crippen LogP contribution in [-0.2, 0) is 5.88 Å². The second-order valence-corrected chi connectivity index (χ2v) is 5.28. The molecule has 0 saturated carbocycles. The van der Waals surface area contributed by atoms with Crippen molar-refractivity contribution in [2.45, 2.75) is 32.7 Å². The molecule has 5 heteroatoms. The maximum absolute atomic E-state index is 6.05. The minimum Gasteiger partial charge on any atom is -0.444 e. The van der Waals surface area contributed by atoms with Crippen LogP contribution in [0.3, 0.4) is 0 Å². The van der Waals surface area contributed by atoms with Gasteiger partial charge in [-0.25, -0.2) is 9.97 Å². The third-order valence-electron chi connectivity index (χ3n) is 3.42. The first-order valence-corrected chi connectivity index (χ1v) is 7.09. The first kappa shape index (κ1) is 13.2. The molecular formula is C15H16ClN3O. The number of nitrogens with zero attached hydrogens (tertiary/aromatic N) is 3. The van der Waals surface area contributed by atoms with E-state index in [1.54, 1.807) is 6.20 Å². The van der Waals surface area contributed by atoms with E-state index < -0.39 is 0 Å². The van der Waals surface area contributed by atoms with Gasteiger partial charge >= 0.3 is 0 Å². The molecule has 3 aromatic rings. The Labute approximate surface area is 122 Å². The average molecular weight is 290 g/mol. The molecule has 0 radical (unpaired) electrons. The Morgan fingerprint density at radius 1 is 1.35 bits per heavy atom. The summed E-state index contributed by atoms with van der Waals surface area (Å²) in [5, 5.41) is 0. The third kappa shape index (κ3) is 2.10. The molecule has 4 nitrogen and oxygen atoms in total. The number of hydrogen-bond acceptors (Lipinski definition) is 3. The summed E-state index contributed by atoms with van der Waals surface area (Å²) in [6, 6.07) is 6.17. The Kier molecular flexibility index (Phi) is 3.26. The van der Waals surface area contributed by atoms with Crippen molar-refractivity contribution in [3.05, 3.63) is 47.4 Å². The molecule has 0 bridgehead atoms. The van der Waals surface area contributed by atoms with Crippen molar-refractivity contribution in [3.8, 4) is 0 Å². The predicted octanol–water partition coefficient (Wildman–Crippen LogP) is 3.99. The van der Waals surface area contributed by atoms with Crippen molar-refractivity contribution in [2.24, 2.45) is 0 Å². The van der Waals surface area contributed by atoms with E-state index in [-0.39, 0.29) is 6.04 Å². The summed E-state index contributed by atoms with van der Waals surface area (Å²) < 4.78 is 7.73. The Morgan fingerprint density at radius 3 is 2.80 bits per heavy atom. The molecule has 3 rings (SSSR count). The minimum absolute atomic E-state index is 0.0369. The Hall–Kier alpha value is -1.81. The zero-order valence-corrected chi connectivity index (χ0v) is 12.5. The predicted molar refractivity (Wildman–Crippen MR) is 79.1 cm³/mol. The number of alkyl halides is 1. The van der Waals surface area contributed by atoms with E-state index in [1.165, 1.54) is 5.56 Å². The number of hydrogen-bond donors (Lipinski definition) is 0. The van der Waals surface area contributed by atoms with E-state index in [1.807, 2.05) is 13.8 Å². The van der Waals surface area contributed by atoms with Crippen LogP contribution in [0.1, 0.15) is 36.0 Å². The van der Waals surface area contributed by atoms with Gasteiger partial charge in [0.2, 0.25) is 5.89 Å². The number of aromatic nitrogens is 3. The fourth-order valence-corrected chi connectivity index (χ4v) is 2.65. The van der Waals surface area contributed by atoms with Crippen molar-refractivity contribution in [2.75, 3.05) is 0 Å². The molecule has 0 aliphatic rings. The lowest BCUT2D eigenvalue weighted by Gasteiger charge is -2.13. The van der Waals surface area contributed by atoms with E-state index in [9.17, 15) is 0 Å². The van der Waals surface area contributed by atoms with Crippen LogP contribution in [0, 0.1) is 13.8 Å². The monoisotopic (exact) mass is 289 g/mol. The van der Waals surface area contributed by atoms with Gasteiger partial charge in [0, 0.05) is 0 Å². The van der Waals surface area contributed by atoms with E-state index in [4.69, 9.17) is 16.0 Å². The SMILES string of the molecule is Cc1ccc2c(c1)nc(CCl)n2C(C)c1ncc(C)o1. The summed E-state index contributed by atoms with van der Waals surface area (Å²) in [7, 11) is 0. The molecule has 0 fully saturated rings. The zero-order valence-electron chi connectivity index (χ0n) is 11.7. The number of oxazole rings is 1. The molecule has 2 aromatic heterocycles. The molecule has 0 saturated heterocycles. The number of imidazole rings is 1. The molecule has 20 heavy (non-hydrogen) atoms. The lowest BCUT2D eigenvalue weighted by atomic mass is 10.2.